The van der Waals surface area contributed by atoms with Gasteiger partial charge in [-0.3, -0.25) is 14.7 Å². The van der Waals surface area contributed by atoms with Crippen molar-refractivity contribution >= 4 is 62.5 Å². The summed E-state index contributed by atoms with van der Waals surface area (Å²) in [6, 6.07) is 8.50. The Hall–Kier alpha value is -1.77. The van der Waals surface area contributed by atoms with Gasteiger partial charge in [0, 0.05) is 6.08 Å². The number of rotatable bonds is 5. The molecule has 6 nitrogen and oxygen atoms in total. The van der Waals surface area contributed by atoms with Crippen LogP contribution in [0.15, 0.2) is 47.4 Å². The summed E-state index contributed by atoms with van der Waals surface area (Å²) in [6.45, 7) is 0. The predicted octanol–water partition coefficient (Wildman–Crippen LogP) is 3.97. The second kappa shape index (κ2) is 8.07. The Morgan fingerprint density at radius 1 is 1.08 bits per heavy atom. The van der Waals surface area contributed by atoms with Crippen LogP contribution in [0, 0.1) is 0 Å². The van der Waals surface area contributed by atoms with E-state index in [1.807, 2.05) is 0 Å². The first-order valence-electron chi connectivity index (χ1n) is 6.62. The minimum absolute atomic E-state index is 0.0405. The van der Waals surface area contributed by atoms with Crippen molar-refractivity contribution in [3.05, 3.63) is 63.1 Å². The van der Waals surface area contributed by atoms with E-state index in [1.54, 1.807) is 6.07 Å². The van der Waals surface area contributed by atoms with Crippen molar-refractivity contribution in [2.75, 3.05) is 4.72 Å². The summed E-state index contributed by atoms with van der Waals surface area (Å²) in [5.74, 6) is -0.739. The number of amides is 1. The molecule has 1 amide bonds. The van der Waals surface area contributed by atoms with E-state index >= 15 is 0 Å². The number of carbonyl (C=O) groups excluding carboxylic acids is 1. The lowest BCUT2D eigenvalue weighted by molar-refractivity contribution is -0.124. The normalized spacial score (nSPS) is 11.5. The van der Waals surface area contributed by atoms with Gasteiger partial charge in [0.2, 0.25) is 0 Å². The van der Waals surface area contributed by atoms with Crippen LogP contribution >= 0.6 is 34.8 Å². The van der Waals surface area contributed by atoms with Gasteiger partial charge in [-0.05, 0) is 35.9 Å². The second-order valence-electron chi connectivity index (χ2n) is 4.74. The molecule has 0 aliphatic carbocycles. The van der Waals surface area contributed by atoms with E-state index in [0.717, 1.165) is 6.08 Å². The maximum atomic E-state index is 12.5. The highest BCUT2D eigenvalue weighted by Gasteiger charge is 2.16. The molecule has 0 saturated heterocycles. The maximum absolute atomic E-state index is 12.5. The Kier molecular flexibility index (Phi) is 6.31. The van der Waals surface area contributed by atoms with Crippen molar-refractivity contribution < 1.29 is 18.4 Å². The molecule has 0 fully saturated rings. The highest BCUT2D eigenvalue weighted by atomic mass is 35.5. The molecule has 2 rings (SSSR count). The first-order chi connectivity index (χ1) is 11.7. The van der Waals surface area contributed by atoms with Crippen molar-refractivity contribution in [2.45, 2.75) is 4.90 Å². The molecule has 0 unspecified atom stereocenters. The highest BCUT2D eigenvalue weighted by molar-refractivity contribution is 7.92. The van der Waals surface area contributed by atoms with Gasteiger partial charge in [-0.2, -0.15) is 0 Å². The van der Waals surface area contributed by atoms with E-state index in [-0.39, 0.29) is 25.7 Å². The summed E-state index contributed by atoms with van der Waals surface area (Å²) < 4.78 is 27.3. The standard InChI is InChI=1S/C15H11Cl3N2O4S/c16-12-7-10(8-13(17)15(12)18)20-25(23,24)11-3-1-2-9(6-11)4-5-14(21)19-22/h1-8,20,22H,(H,19,21)/b5-4+. The molecule has 2 aromatic rings. The average molecular weight is 422 g/mol. The number of halogens is 3. The van der Waals surface area contributed by atoms with E-state index < -0.39 is 15.9 Å². The van der Waals surface area contributed by atoms with E-state index in [1.165, 1.54) is 41.9 Å². The number of carbonyl (C=O) groups is 1. The van der Waals surface area contributed by atoms with Crippen LogP contribution in [-0.4, -0.2) is 19.5 Å². The van der Waals surface area contributed by atoms with E-state index in [0.29, 0.717) is 5.56 Å². The summed E-state index contributed by atoms with van der Waals surface area (Å²) in [7, 11) is -3.92. The number of hydrogen-bond acceptors (Lipinski definition) is 4. The molecule has 0 aromatic heterocycles. The SMILES string of the molecule is O=C(/C=C/c1cccc(S(=O)(=O)Nc2cc(Cl)c(Cl)c(Cl)c2)c1)NO. The largest absolute Gasteiger partial charge is 0.288 e. The molecule has 132 valence electrons. The summed E-state index contributed by atoms with van der Waals surface area (Å²) in [5.41, 5.74) is 2.03. The minimum Gasteiger partial charge on any atom is -0.288 e. The summed E-state index contributed by atoms with van der Waals surface area (Å²) in [4.78, 5) is 10.9. The van der Waals surface area contributed by atoms with Crippen LogP contribution in [-0.2, 0) is 14.8 Å². The molecular formula is C15H11Cl3N2O4S. The van der Waals surface area contributed by atoms with Gasteiger partial charge in [0.1, 0.15) is 0 Å². The monoisotopic (exact) mass is 420 g/mol. The Bertz CT molecular complexity index is 923. The molecule has 0 spiro atoms. The fraction of sp³-hybridized carbons (Fsp3) is 0. The van der Waals surface area contributed by atoms with Gasteiger partial charge >= 0.3 is 0 Å². The van der Waals surface area contributed by atoms with Crippen LogP contribution in [0.25, 0.3) is 6.08 Å². The van der Waals surface area contributed by atoms with Crippen molar-refractivity contribution in [1.82, 2.24) is 5.48 Å². The summed E-state index contributed by atoms with van der Waals surface area (Å²) >= 11 is 17.6. The zero-order valence-corrected chi connectivity index (χ0v) is 15.4. The number of sulfonamides is 1. The molecule has 0 bridgehead atoms. The third-order valence-corrected chi connectivity index (χ3v) is 5.52. The Morgan fingerprint density at radius 3 is 2.32 bits per heavy atom. The predicted molar refractivity (Wildman–Crippen MR) is 97.7 cm³/mol. The molecule has 3 N–H and O–H groups in total. The van der Waals surface area contributed by atoms with E-state index in [9.17, 15) is 13.2 Å². The first-order valence-corrected chi connectivity index (χ1v) is 9.24. The third-order valence-electron chi connectivity index (χ3n) is 2.94. The Morgan fingerprint density at radius 2 is 1.72 bits per heavy atom. The van der Waals surface area contributed by atoms with Crippen molar-refractivity contribution in [3.63, 3.8) is 0 Å². The Labute approximate surface area is 159 Å². The maximum Gasteiger partial charge on any atom is 0.267 e. The van der Waals surface area contributed by atoms with Crippen molar-refractivity contribution in [2.24, 2.45) is 0 Å². The van der Waals surface area contributed by atoms with Crippen LogP contribution < -0.4 is 10.2 Å². The number of hydroxylamine groups is 1. The van der Waals surface area contributed by atoms with Crippen molar-refractivity contribution in [3.8, 4) is 0 Å². The molecule has 0 aliphatic rings. The lowest BCUT2D eigenvalue weighted by Crippen LogP contribution is -2.15. The fourth-order valence-electron chi connectivity index (χ4n) is 1.82. The molecule has 0 saturated carbocycles. The molecular weight excluding hydrogens is 411 g/mol. The van der Waals surface area contributed by atoms with Gasteiger partial charge in [-0.15, -0.1) is 0 Å². The number of hydrogen-bond donors (Lipinski definition) is 3. The summed E-state index contributed by atoms with van der Waals surface area (Å²) in [6.07, 6.45) is 2.40. The smallest absolute Gasteiger partial charge is 0.267 e. The van der Waals surface area contributed by atoms with Crippen LogP contribution in [0.1, 0.15) is 5.56 Å². The molecule has 10 heteroatoms. The summed E-state index contributed by atoms with van der Waals surface area (Å²) in [5, 5.41) is 8.78. The first kappa shape index (κ1) is 19.6. The highest BCUT2D eigenvalue weighted by Crippen LogP contribution is 2.33. The van der Waals surface area contributed by atoms with Crippen LogP contribution in [0.2, 0.25) is 15.1 Å². The van der Waals surface area contributed by atoms with Gasteiger partial charge in [0.25, 0.3) is 15.9 Å². The quantitative estimate of drug-likeness (QED) is 0.295. The van der Waals surface area contributed by atoms with Crippen LogP contribution in [0.5, 0.6) is 0 Å². The van der Waals surface area contributed by atoms with Gasteiger partial charge in [-0.25, -0.2) is 13.9 Å². The average Bonchev–Trinajstić information content (AvgIpc) is 2.57. The van der Waals surface area contributed by atoms with E-state index in [4.69, 9.17) is 40.0 Å². The fourth-order valence-corrected chi connectivity index (χ4v) is 3.51. The van der Waals surface area contributed by atoms with Crippen LogP contribution in [0.3, 0.4) is 0 Å². The lowest BCUT2D eigenvalue weighted by atomic mass is 10.2. The molecule has 2 aromatic carbocycles. The lowest BCUT2D eigenvalue weighted by Gasteiger charge is -2.10. The number of anilines is 1. The zero-order chi connectivity index (χ0) is 18.6. The molecule has 0 radical (unpaired) electrons. The molecule has 25 heavy (non-hydrogen) atoms. The number of nitrogens with one attached hydrogen (secondary N) is 2. The van der Waals surface area contributed by atoms with Gasteiger partial charge in [0.15, 0.2) is 0 Å². The molecule has 0 atom stereocenters. The third kappa shape index (κ3) is 5.10. The minimum atomic E-state index is -3.92. The van der Waals surface area contributed by atoms with Gasteiger partial charge < -0.3 is 0 Å². The van der Waals surface area contributed by atoms with E-state index in [2.05, 4.69) is 4.72 Å². The zero-order valence-electron chi connectivity index (χ0n) is 12.3. The molecule has 0 heterocycles. The topological polar surface area (TPSA) is 95.5 Å². The molecule has 0 aliphatic heterocycles. The van der Waals surface area contributed by atoms with Crippen LogP contribution in [0.4, 0.5) is 5.69 Å². The van der Waals surface area contributed by atoms with Crippen molar-refractivity contribution in [1.29, 1.82) is 0 Å². The Balaban J connectivity index is 2.31. The van der Waals surface area contributed by atoms with Gasteiger partial charge in [-0.1, -0.05) is 46.9 Å². The second-order valence-corrected chi connectivity index (χ2v) is 7.62. The van der Waals surface area contributed by atoms with Gasteiger partial charge in [0.05, 0.1) is 25.7 Å². The number of benzene rings is 2.